The van der Waals surface area contributed by atoms with Crippen LogP contribution >= 0.6 is 0 Å². The van der Waals surface area contributed by atoms with Crippen LogP contribution in [0.2, 0.25) is 0 Å². The summed E-state index contributed by atoms with van der Waals surface area (Å²) in [5.74, 6) is 0.0597. The number of pyridine rings is 1. The van der Waals surface area contributed by atoms with Gasteiger partial charge in [0.2, 0.25) is 5.91 Å². The van der Waals surface area contributed by atoms with Gasteiger partial charge in [0.15, 0.2) is 0 Å². The van der Waals surface area contributed by atoms with E-state index in [1.807, 2.05) is 17.2 Å². The van der Waals surface area contributed by atoms with Gasteiger partial charge in [0.05, 0.1) is 6.54 Å². The summed E-state index contributed by atoms with van der Waals surface area (Å²) in [6, 6.07) is 4.16. The lowest BCUT2D eigenvalue weighted by molar-refractivity contribution is -0.137. The molecule has 6 nitrogen and oxygen atoms in total. The number of carboxylic acid groups (broad SMARTS) is 1. The van der Waals surface area contributed by atoms with Crippen LogP contribution in [0.25, 0.3) is 11.0 Å². The number of rotatable bonds is 7. The van der Waals surface area contributed by atoms with E-state index in [4.69, 9.17) is 5.11 Å². The fourth-order valence-electron chi connectivity index (χ4n) is 4.83. The van der Waals surface area contributed by atoms with E-state index >= 15 is 0 Å². The fraction of sp³-hybridized carbons (Fsp3) is 0.591. The van der Waals surface area contributed by atoms with E-state index in [0.29, 0.717) is 31.7 Å². The molecule has 0 spiro atoms. The summed E-state index contributed by atoms with van der Waals surface area (Å²) in [6.45, 7) is 2.39. The summed E-state index contributed by atoms with van der Waals surface area (Å²) in [5.41, 5.74) is 3.68. The molecule has 1 aliphatic carbocycles. The number of unbranched alkanes of at least 4 members (excludes halogenated alkanes) is 1. The van der Waals surface area contributed by atoms with Gasteiger partial charge in [-0.25, -0.2) is 4.98 Å². The summed E-state index contributed by atoms with van der Waals surface area (Å²) < 4.78 is 2.38. The summed E-state index contributed by atoms with van der Waals surface area (Å²) in [4.78, 5) is 30.0. The molecule has 1 fully saturated rings. The first-order valence-electron chi connectivity index (χ1n) is 10.6. The van der Waals surface area contributed by atoms with E-state index in [1.54, 1.807) is 0 Å². The maximum absolute atomic E-state index is 12.7. The van der Waals surface area contributed by atoms with Crippen molar-refractivity contribution < 1.29 is 14.7 Å². The number of carbonyl (C=O) groups is 2. The number of nitrogens with zero attached hydrogens (tertiary/aromatic N) is 3. The lowest BCUT2D eigenvalue weighted by Crippen LogP contribution is -2.36. The van der Waals surface area contributed by atoms with Gasteiger partial charge in [-0.2, -0.15) is 0 Å². The van der Waals surface area contributed by atoms with E-state index < -0.39 is 5.97 Å². The third-order valence-corrected chi connectivity index (χ3v) is 6.31. The Morgan fingerprint density at radius 2 is 1.96 bits per heavy atom. The number of hydrogen-bond acceptors (Lipinski definition) is 3. The van der Waals surface area contributed by atoms with E-state index in [9.17, 15) is 9.59 Å². The molecule has 2 aromatic rings. The van der Waals surface area contributed by atoms with Crippen LogP contribution < -0.4 is 0 Å². The van der Waals surface area contributed by atoms with Crippen molar-refractivity contribution in [2.45, 2.75) is 70.9 Å². The lowest BCUT2D eigenvalue weighted by Gasteiger charge is -2.29. The van der Waals surface area contributed by atoms with Crippen LogP contribution in [-0.2, 0) is 29.1 Å². The van der Waals surface area contributed by atoms with E-state index in [0.717, 1.165) is 25.2 Å². The van der Waals surface area contributed by atoms with Crippen LogP contribution in [0.5, 0.6) is 0 Å². The van der Waals surface area contributed by atoms with Gasteiger partial charge in [0.1, 0.15) is 5.65 Å². The number of carbonyl (C=O) groups excluding carboxylic acids is 1. The lowest BCUT2D eigenvalue weighted by atomic mass is 10.0. The molecule has 2 aliphatic rings. The molecule has 0 atom stereocenters. The minimum atomic E-state index is -0.793. The highest BCUT2D eigenvalue weighted by atomic mass is 16.4. The van der Waals surface area contributed by atoms with Crippen LogP contribution in [0, 0.1) is 5.92 Å². The normalized spacial score (nSPS) is 17.2. The second kappa shape index (κ2) is 8.33. The molecule has 0 aromatic carbocycles. The van der Waals surface area contributed by atoms with Gasteiger partial charge >= 0.3 is 5.97 Å². The third-order valence-electron chi connectivity index (χ3n) is 6.31. The molecule has 1 amide bonds. The standard InChI is InChI=1S/C22H29N3O3/c26-20(9-3-4-10-21(27)28)24-13-11-17-18-8-5-12-23-22(18)25(19(17)15-24)14-16-6-1-2-7-16/h5,8,12,16H,1-4,6-7,9-11,13-15H2,(H,27,28). The van der Waals surface area contributed by atoms with Gasteiger partial charge in [-0.05, 0) is 55.7 Å². The van der Waals surface area contributed by atoms with E-state index in [-0.39, 0.29) is 12.3 Å². The molecule has 0 saturated heterocycles. The Morgan fingerprint density at radius 1 is 1.18 bits per heavy atom. The van der Waals surface area contributed by atoms with Crippen molar-refractivity contribution in [3.8, 4) is 0 Å². The zero-order chi connectivity index (χ0) is 19.5. The second-order valence-electron chi connectivity index (χ2n) is 8.23. The van der Waals surface area contributed by atoms with Gasteiger partial charge in [-0.3, -0.25) is 9.59 Å². The molecule has 28 heavy (non-hydrogen) atoms. The van der Waals surface area contributed by atoms with Gasteiger partial charge in [0.25, 0.3) is 0 Å². The van der Waals surface area contributed by atoms with E-state index in [1.165, 1.54) is 42.3 Å². The summed E-state index contributed by atoms with van der Waals surface area (Å²) >= 11 is 0. The van der Waals surface area contributed by atoms with E-state index in [2.05, 4.69) is 15.6 Å². The molecule has 1 aliphatic heterocycles. The molecule has 0 bridgehead atoms. The molecule has 2 aromatic heterocycles. The van der Waals surface area contributed by atoms with Crippen molar-refractivity contribution in [3.05, 3.63) is 29.6 Å². The quantitative estimate of drug-likeness (QED) is 0.739. The second-order valence-corrected chi connectivity index (χ2v) is 8.23. The average Bonchev–Trinajstić information content (AvgIpc) is 3.32. The highest BCUT2D eigenvalue weighted by molar-refractivity contribution is 5.83. The number of hydrogen-bond donors (Lipinski definition) is 1. The first kappa shape index (κ1) is 19.0. The van der Waals surface area contributed by atoms with Crippen LogP contribution in [0.1, 0.15) is 62.6 Å². The minimum Gasteiger partial charge on any atom is -0.481 e. The SMILES string of the molecule is O=C(O)CCCCC(=O)N1CCc2c(n(CC3CCCC3)c3ncccc23)C1. The minimum absolute atomic E-state index is 0.138. The van der Waals surface area contributed by atoms with Gasteiger partial charge in [-0.15, -0.1) is 0 Å². The van der Waals surface area contributed by atoms with Crippen molar-refractivity contribution >= 4 is 22.9 Å². The number of amides is 1. The van der Waals surface area contributed by atoms with Crippen LogP contribution in [0.15, 0.2) is 18.3 Å². The zero-order valence-electron chi connectivity index (χ0n) is 16.4. The van der Waals surface area contributed by atoms with Gasteiger partial charge in [-0.1, -0.05) is 12.8 Å². The molecule has 1 saturated carbocycles. The first-order chi connectivity index (χ1) is 13.6. The largest absolute Gasteiger partial charge is 0.481 e. The molecule has 6 heteroatoms. The Kier molecular flexibility index (Phi) is 5.64. The first-order valence-corrected chi connectivity index (χ1v) is 10.6. The van der Waals surface area contributed by atoms with Gasteiger partial charge < -0.3 is 14.6 Å². The zero-order valence-corrected chi connectivity index (χ0v) is 16.4. The number of fused-ring (bicyclic) bond motifs is 3. The molecule has 1 N–H and O–H groups in total. The van der Waals surface area contributed by atoms with Crippen LogP contribution in [0.4, 0.5) is 0 Å². The van der Waals surface area contributed by atoms with Crippen LogP contribution in [-0.4, -0.2) is 38.0 Å². The Labute approximate surface area is 165 Å². The van der Waals surface area contributed by atoms with Crippen molar-refractivity contribution in [2.75, 3.05) is 6.54 Å². The highest BCUT2D eigenvalue weighted by Gasteiger charge is 2.28. The van der Waals surface area contributed by atoms with Crippen molar-refractivity contribution in [3.63, 3.8) is 0 Å². The summed E-state index contributed by atoms with van der Waals surface area (Å²) in [6.07, 6.45) is 9.72. The number of carboxylic acids is 1. The Balaban J connectivity index is 1.51. The molecule has 3 heterocycles. The predicted molar refractivity (Wildman–Crippen MR) is 107 cm³/mol. The fourth-order valence-corrected chi connectivity index (χ4v) is 4.83. The Morgan fingerprint density at radius 3 is 2.75 bits per heavy atom. The average molecular weight is 383 g/mol. The monoisotopic (exact) mass is 383 g/mol. The molecular weight excluding hydrogens is 354 g/mol. The smallest absolute Gasteiger partial charge is 0.303 e. The Bertz CT molecular complexity index is 867. The maximum Gasteiger partial charge on any atom is 0.303 e. The highest BCUT2D eigenvalue weighted by Crippen LogP contribution is 2.33. The topological polar surface area (TPSA) is 75.4 Å². The van der Waals surface area contributed by atoms with Crippen molar-refractivity contribution in [1.29, 1.82) is 0 Å². The molecule has 0 radical (unpaired) electrons. The van der Waals surface area contributed by atoms with Crippen LogP contribution in [0.3, 0.4) is 0 Å². The summed E-state index contributed by atoms with van der Waals surface area (Å²) in [5, 5.41) is 9.99. The molecule has 4 rings (SSSR count). The maximum atomic E-state index is 12.7. The number of aromatic nitrogens is 2. The summed E-state index contributed by atoms with van der Waals surface area (Å²) in [7, 11) is 0. The van der Waals surface area contributed by atoms with Crippen molar-refractivity contribution in [1.82, 2.24) is 14.5 Å². The Hall–Kier alpha value is -2.37. The molecule has 0 unspecified atom stereocenters. The predicted octanol–water partition coefficient (Wildman–Crippen LogP) is 3.76. The van der Waals surface area contributed by atoms with Crippen molar-refractivity contribution in [2.24, 2.45) is 5.92 Å². The molecule has 150 valence electrons. The van der Waals surface area contributed by atoms with Gasteiger partial charge in [0, 0.05) is 43.2 Å². The number of aliphatic carboxylic acids is 1. The third kappa shape index (κ3) is 3.91. The molecular formula is C22H29N3O3.